The van der Waals surface area contributed by atoms with Gasteiger partial charge in [-0.2, -0.15) is 4.31 Å². The third-order valence-electron chi connectivity index (χ3n) is 8.20. The number of sulfonamides is 1. The Hall–Kier alpha value is -2.30. The zero-order valence-corrected chi connectivity index (χ0v) is 22.0. The smallest absolute Gasteiger partial charge is 0.245 e. The maximum Gasteiger partial charge on any atom is 0.245 e. The Labute approximate surface area is 219 Å². The van der Waals surface area contributed by atoms with E-state index in [1.54, 1.807) is 30.3 Å². The van der Waals surface area contributed by atoms with Crippen molar-refractivity contribution in [1.29, 1.82) is 0 Å². The van der Waals surface area contributed by atoms with Gasteiger partial charge in [0.25, 0.3) is 0 Å². The van der Waals surface area contributed by atoms with E-state index in [0.29, 0.717) is 6.54 Å². The molecule has 37 heavy (non-hydrogen) atoms. The summed E-state index contributed by atoms with van der Waals surface area (Å²) in [6.45, 7) is 4.08. The van der Waals surface area contributed by atoms with Crippen LogP contribution in [0.1, 0.15) is 61.3 Å². The Bertz CT molecular complexity index is 1250. The topological polar surface area (TPSA) is 94.3 Å². The van der Waals surface area contributed by atoms with Crippen LogP contribution in [0.2, 0.25) is 0 Å². The normalized spacial score (nSPS) is 28.2. The molecule has 3 aliphatic heterocycles. The molecule has 0 aromatic heterocycles. The summed E-state index contributed by atoms with van der Waals surface area (Å²) in [5.74, 6) is -0.185. The number of carbonyl (C=O) groups is 1. The van der Waals surface area contributed by atoms with E-state index in [-0.39, 0.29) is 29.8 Å². The Morgan fingerprint density at radius 3 is 2.68 bits per heavy atom. The molecule has 2 N–H and O–H groups in total. The maximum atomic E-state index is 13.4. The molecule has 8 nitrogen and oxygen atoms in total. The number of epoxide rings is 1. The van der Waals surface area contributed by atoms with Gasteiger partial charge in [0.1, 0.15) is 0 Å². The SMILES string of the molecule is O=C(CC12OC1NCCN2S(=O)(=O)c1ccccc1)N[C@@H]1CCCc2cc(CN3CCCCC3)ccc21. The number of fused-ring (bicyclic) bond motifs is 2. The van der Waals surface area contributed by atoms with Crippen LogP contribution in [0.5, 0.6) is 0 Å². The number of hydrogen-bond acceptors (Lipinski definition) is 6. The number of benzene rings is 2. The average molecular weight is 525 g/mol. The molecule has 3 atom stereocenters. The number of amides is 1. The summed E-state index contributed by atoms with van der Waals surface area (Å²) in [6, 6.07) is 15.0. The second-order valence-electron chi connectivity index (χ2n) is 10.7. The summed E-state index contributed by atoms with van der Waals surface area (Å²) in [6.07, 6.45) is 6.32. The average Bonchev–Trinajstić information content (AvgIpc) is 3.63. The molecule has 3 saturated heterocycles. The summed E-state index contributed by atoms with van der Waals surface area (Å²) in [5, 5.41) is 6.41. The Balaban J connectivity index is 1.15. The van der Waals surface area contributed by atoms with Gasteiger partial charge < -0.3 is 10.1 Å². The number of aryl methyl sites for hydroxylation is 1. The van der Waals surface area contributed by atoms with Crippen molar-refractivity contribution in [3.05, 3.63) is 65.2 Å². The molecule has 1 amide bonds. The first kappa shape index (κ1) is 25.0. The molecule has 0 radical (unpaired) electrons. The van der Waals surface area contributed by atoms with Crippen molar-refractivity contribution in [2.75, 3.05) is 26.2 Å². The minimum Gasteiger partial charge on any atom is -0.349 e. The van der Waals surface area contributed by atoms with Gasteiger partial charge in [-0.25, -0.2) is 8.42 Å². The molecule has 3 fully saturated rings. The highest BCUT2D eigenvalue weighted by Crippen LogP contribution is 2.46. The fraction of sp³-hybridized carbons (Fsp3) is 0.536. The van der Waals surface area contributed by atoms with Crippen molar-refractivity contribution in [3.63, 3.8) is 0 Å². The van der Waals surface area contributed by atoms with Crippen LogP contribution in [-0.2, 0) is 32.5 Å². The maximum absolute atomic E-state index is 13.4. The van der Waals surface area contributed by atoms with Gasteiger partial charge in [-0.1, -0.05) is 42.8 Å². The van der Waals surface area contributed by atoms with Crippen LogP contribution in [0.15, 0.2) is 53.4 Å². The largest absolute Gasteiger partial charge is 0.349 e. The van der Waals surface area contributed by atoms with Gasteiger partial charge in [0, 0.05) is 19.6 Å². The van der Waals surface area contributed by atoms with Gasteiger partial charge in [-0.15, -0.1) is 0 Å². The molecule has 3 heterocycles. The number of nitrogens with one attached hydrogen (secondary N) is 2. The second-order valence-corrected chi connectivity index (χ2v) is 12.6. The lowest BCUT2D eigenvalue weighted by Crippen LogP contribution is -2.55. The van der Waals surface area contributed by atoms with Crippen LogP contribution in [0, 0.1) is 0 Å². The highest BCUT2D eigenvalue weighted by atomic mass is 32.2. The molecule has 1 aliphatic carbocycles. The number of hydrogen-bond donors (Lipinski definition) is 2. The number of nitrogens with zero attached hydrogens (tertiary/aromatic N) is 2. The number of likely N-dealkylation sites (tertiary alicyclic amines) is 1. The predicted octanol–water partition coefficient (Wildman–Crippen LogP) is 2.90. The van der Waals surface area contributed by atoms with E-state index in [4.69, 9.17) is 4.74 Å². The molecule has 6 rings (SSSR count). The van der Waals surface area contributed by atoms with Gasteiger partial charge in [0.2, 0.25) is 15.9 Å². The molecule has 2 unspecified atom stereocenters. The zero-order valence-electron chi connectivity index (χ0n) is 21.2. The van der Waals surface area contributed by atoms with Crippen LogP contribution >= 0.6 is 0 Å². The quantitative estimate of drug-likeness (QED) is 0.541. The molecule has 4 aliphatic rings. The van der Waals surface area contributed by atoms with Crippen LogP contribution in [0.3, 0.4) is 0 Å². The third kappa shape index (κ3) is 4.95. The van der Waals surface area contributed by atoms with E-state index in [2.05, 4.69) is 33.7 Å². The predicted molar refractivity (Wildman–Crippen MR) is 140 cm³/mol. The lowest BCUT2D eigenvalue weighted by molar-refractivity contribution is -0.124. The van der Waals surface area contributed by atoms with Crippen molar-refractivity contribution in [1.82, 2.24) is 19.8 Å². The third-order valence-corrected chi connectivity index (χ3v) is 10.1. The minimum atomic E-state index is -3.79. The van der Waals surface area contributed by atoms with Crippen molar-refractivity contribution in [2.24, 2.45) is 0 Å². The van der Waals surface area contributed by atoms with E-state index < -0.39 is 22.0 Å². The molecule has 0 spiro atoms. The molecule has 2 aromatic rings. The molecule has 0 saturated carbocycles. The van der Waals surface area contributed by atoms with Crippen molar-refractivity contribution in [3.8, 4) is 0 Å². The Kier molecular flexibility index (Phi) is 6.83. The summed E-state index contributed by atoms with van der Waals surface area (Å²) in [4.78, 5) is 16.1. The first-order valence-corrected chi connectivity index (χ1v) is 15.0. The first-order valence-electron chi connectivity index (χ1n) is 13.6. The van der Waals surface area contributed by atoms with Crippen LogP contribution in [0.4, 0.5) is 0 Å². The summed E-state index contributed by atoms with van der Waals surface area (Å²) in [5.41, 5.74) is 2.67. The Morgan fingerprint density at radius 2 is 1.86 bits per heavy atom. The van der Waals surface area contributed by atoms with Crippen molar-refractivity contribution >= 4 is 15.9 Å². The Morgan fingerprint density at radius 1 is 1.05 bits per heavy atom. The minimum absolute atomic E-state index is 0.0321. The fourth-order valence-electron chi connectivity index (χ4n) is 6.28. The lowest BCUT2D eigenvalue weighted by atomic mass is 9.86. The van der Waals surface area contributed by atoms with Gasteiger partial charge in [0.05, 0.1) is 17.4 Å². The van der Waals surface area contributed by atoms with Gasteiger partial charge in [-0.05, 0) is 74.0 Å². The highest BCUT2D eigenvalue weighted by molar-refractivity contribution is 7.89. The van der Waals surface area contributed by atoms with E-state index in [9.17, 15) is 13.2 Å². The number of piperazine rings is 1. The summed E-state index contributed by atoms with van der Waals surface area (Å²) in [7, 11) is -3.79. The van der Waals surface area contributed by atoms with Gasteiger partial charge in [0.15, 0.2) is 12.0 Å². The van der Waals surface area contributed by atoms with Crippen molar-refractivity contribution in [2.45, 2.75) is 74.4 Å². The highest BCUT2D eigenvalue weighted by Gasteiger charge is 2.67. The zero-order chi connectivity index (χ0) is 25.5. The van der Waals surface area contributed by atoms with Crippen LogP contribution in [0.25, 0.3) is 0 Å². The molecule has 0 bridgehead atoms. The molecule has 2 aromatic carbocycles. The summed E-state index contributed by atoms with van der Waals surface area (Å²) >= 11 is 0. The number of rotatable bonds is 7. The van der Waals surface area contributed by atoms with E-state index in [1.165, 1.54) is 53.3 Å². The molecular formula is C28H36N4O4S. The monoisotopic (exact) mass is 524 g/mol. The van der Waals surface area contributed by atoms with Gasteiger partial charge >= 0.3 is 0 Å². The number of piperidine rings is 1. The second kappa shape index (κ2) is 10.1. The standard InChI is InChI=1S/C28H36N4O4S/c33-26(19-28-27(36-28)29-14-17-32(28)37(34,35)23-9-3-1-4-10-23)30-25-11-7-8-22-18-21(12-13-24(22)25)20-31-15-5-2-6-16-31/h1,3-4,9-10,12-13,18,25,27,29H,2,5-8,11,14-17,19-20H2,(H,30,33)/t25-,27?,28?/m1/s1. The van der Waals surface area contributed by atoms with Gasteiger partial charge in [-0.3, -0.25) is 15.0 Å². The molecule has 9 heteroatoms. The van der Waals surface area contributed by atoms with Crippen molar-refractivity contribution < 1.29 is 17.9 Å². The van der Waals surface area contributed by atoms with Crippen LogP contribution in [-0.4, -0.2) is 61.7 Å². The van der Waals surface area contributed by atoms with E-state index in [1.807, 2.05) is 0 Å². The molecule has 198 valence electrons. The van der Waals surface area contributed by atoms with E-state index in [0.717, 1.165) is 25.8 Å². The fourth-order valence-corrected chi connectivity index (χ4v) is 7.98. The lowest BCUT2D eigenvalue weighted by Gasteiger charge is -2.33. The number of carbonyl (C=O) groups excluding carboxylic acids is 1. The number of ether oxygens (including phenoxy) is 1. The van der Waals surface area contributed by atoms with E-state index >= 15 is 0 Å². The summed E-state index contributed by atoms with van der Waals surface area (Å²) < 4.78 is 34.1. The first-order chi connectivity index (χ1) is 18.0. The molecular weight excluding hydrogens is 488 g/mol. The van der Waals surface area contributed by atoms with Crippen LogP contribution < -0.4 is 10.6 Å².